The molecule has 0 N–H and O–H groups in total. The molecule has 0 bridgehead atoms. The van der Waals surface area contributed by atoms with Gasteiger partial charge in [-0.2, -0.15) is 0 Å². The van der Waals surface area contributed by atoms with Gasteiger partial charge in [0.15, 0.2) is 11.5 Å². The number of para-hydroxylation sites is 1. The number of fused-ring (bicyclic) bond motifs is 7. The van der Waals surface area contributed by atoms with E-state index in [-0.39, 0.29) is 0 Å². The molecule has 0 saturated carbocycles. The van der Waals surface area contributed by atoms with Crippen LogP contribution in [0, 0.1) is 0 Å². The average Bonchev–Trinajstić information content (AvgIpc) is 3.50. The van der Waals surface area contributed by atoms with E-state index in [1.54, 1.807) is 0 Å². The summed E-state index contributed by atoms with van der Waals surface area (Å²) in [5, 5.41) is 10.0. The normalized spacial score (nSPS) is 12.3. The number of ether oxygens (including phenoxy) is 1. The molecule has 1 aliphatic rings. The first kappa shape index (κ1) is 25.4. The number of nitrogens with zero attached hydrogens (tertiary/aromatic N) is 2. The molecule has 0 unspecified atom stereocenters. The molecular formula is C43H28N2O. The second kappa shape index (κ2) is 9.53. The van der Waals surface area contributed by atoms with Crippen molar-refractivity contribution in [3.05, 3.63) is 145 Å². The molecule has 0 saturated heterocycles. The van der Waals surface area contributed by atoms with Gasteiger partial charge in [0, 0.05) is 6.42 Å². The van der Waals surface area contributed by atoms with Crippen LogP contribution in [0.3, 0.4) is 0 Å². The topological polar surface area (TPSA) is 27.1 Å². The number of hydrogen-bond acceptors (Lipinski definition) is 2. The van der Waals surface area contributed by atoms with Crippen molar-refractivity contribution in [2.45, 2.75) is 13.3 Å². The molecule has 1 aliphatic heterocycles. The highest BCUT2D eigenvalue weighted by molar-refractivity contribution is 6.22. The zero-order chi connectivity index (χ0) is 30.4. The van der Waals surface area contributed by atoms with Crippen molar-refractivity contribution in [3.8, 4) is 39.4 Å². The minimum atomic E-state index is 0.833. The van der Waals surface area contributed by atoms with E-state index in [9.17, 15) is 0 Å². The fourth-order valence-electron chi connectivity index (χ4n) is 7.68. The largest absolute Gasteiger partial charge is 0.453 e. The number of aromatic nitrogens is 2. The van der Waals surface area contributed by atoms with E-state index >= 15 is 0 Å². The molecule has 0 aliphatic carbocycles. The quantitative estimate of drug-likeness (QED) is 0.152. The summed E-state index contributed by atoms with van der Waals surface area (Å²) in [5.74, 6) is 2.75. The second-order valence-electron chi connectivity index (χ2n) is 12.2. The molecule has 1 aromatic heterocycles. The van der Waals surface area contributed by atoms with Crippen LogP contribution in [0.5, 0.6) is 11.5 Å². The highest BCUT2D eigenvalue weighted by Crippen LogP contribution is 2.47. The highest BCUT2D eigenvalue weighted by Gasteiger charge is 2.25. The lowest BCUT2D eigenvalue weighted by Gasteiger charge is -2.23. The van der Waals surface area contributed by atoms with Gasteiger partial charge in [-0.05, 0) is 95.7 Å². The fourth-order valence-corrected chi connectivity index (χ4v) is 7.68. The standard InChI is InChI=1S/C43H28N2O/c1-2-40-44-36-16-9-17-39-43(36)45(40)37-25-29(22-23-38(37)46-39)42-33-14-7-5-12-31(33)41(32-13-6-8-15-34(32)42)28-21-20-27-19-18-26-10-3-4-11-30(26)35(27)24-28/h3-25H,2H2,1H3. The summed E-state index contributed by atoms with van der Waals surface area (Å²) < 4.78 is 8.75. The molecule has 10 rings (SSSR count). The number of benzene rings is 8. The van der Waals surface area contributed by atoms with Crippen molar-refractivity contribution < 1.29 is 4.74 Å². The van der Waals surface area contributed by atoms with E-state index in [1.807, 2.05) is 12.1 Å². The first-order valence-electron chi connectivity index (χ1n) is 15.9. The van der Waals surface area contributed by atoms with Gasteiger partial charge in [0.05, 0.1) is 11.2 Å². The zero-order valence-electron chi connectivity index (χ0n) is 25.3. The van der Waals surface area contributed by atoms with Crippen molar-refractivity contribution in [2.75, 3.05) is 0 Å². The van der Waals surface area contributed by atoms with Gasteiger partial charge in [-0.15, -0.1) is 0 Å². The van der Waals surface area contributed by atoms with Crippen LogP contribution >= 0.6 is 0 Å². The number of imidazole rings is 1. The Bertz CT molecular complexity index is 2660. The van der Waals surface area contributed by atoms with Gasteiger partial charge in [-0.3, -0.25) is 4.57 Å². The van der Waals surface area contributed by atoms with Crippen molar-refractivity contribution in [2.24, 2.45) is 0 Å². The molecule has 9 aromatic rings. The van der Waals surface area contributed by atoms with E-state index in [0.717, 1.165) is 46.0 Å². The van der Waals surface area contributed by atoms with Crippen LogP contribution in [0.25, 0.3) is 82.1 Å². The maximum atomic E-state index is 6.45. The van der Waals surface area contributed by atoms with Crippen LogP contribution in [-0.2, 0) is 6.42 Å². The third kappa shape index (κ3) is 3.51. The van der Waals surface area contributed by atoms with Crippen LogP contribution in [0.15, 0.2) is 140 Å². The van der Waals surface area contributed by atoms with Crippen molar-refractivity contribution in [3.63, 3.8) is 0 Å². The molecule has 0 atom stereocenters. The lowest BCUT2D eigenvalue weighted by Crippen LogP contribution is -2.07. The van der Waals surface area contributed by atoms with Gasteiger partial charge < -0.3 is 4.74 Å². The molecule has 2 heterocycles. The molecule has 3 nitrogen and oxygen atoms in total. The summed E-state index contributed by atoms with van der Waals surface area (Å²) in [6, 6.07) is 50.6. The third-order valence-electron chi connectivity index (χ3n) is 9.70. The van der Waals surface area contributed by atoms with Crippen LogP contribution in [-0.4, -0.2) is 9.55 Å². The van der Waals surface area contributed by atoms with Gasteiger partial charge in [-0.25, -0.2) is 4.98 Å². The van der Waals surface area contributed by atoms with Crippen LogP contribution in [0.2, 0.25) is 0 Å². The number of aryl methyl sites for hydroxylation is 1. The first-order chi connectivity index (χ1) is 22.8. The Morgan fingerprint density at radius 1 is 0.522 bits per heavy atom. The van der Waals surface area contributed by atoms with Crippen molar-refractivity contribution >= 4 is 54.1 Å². The SMILES string of the molecule is CCc1nc2cccc3c2n1-c1cc(-c2c4ccccc4c(-c4ccc5ccc6ccccc6c5c4)c4ccccc24)ccc1O3. The minimum absolute atomic E-state index is 0.833. The summed E-state index contributed by atoms with van der Waals surface area (Å²) in [4.78, 5) is 4.97. The predicted molar refractivity (Wildman–Crippen MR) is 191 cm³/mol. The van der Waals surface area contributed by atoms with Gasteiger partial charge in [0.2, 0.25) is 0 Å². The molecule has 46 heavy (non-hydrogen) atoms. The molecule has 0 fully saturated rings. The van der Waals surface area contributed by atoms with E-state index in [4.69, 9.17) is 9.72 Å². The van der Waals surface area contributed by atoms with Gasteiger partial charge in [-0.1, -0.05) is 116 Å². The minimum Gasteiger partial charge on any atom is -0.453 e. The van der Waals surface area contributed by atoms with E-state index in [1.165, 1.54) is 59.8 Å². The van der Waals surface area contributed by atoms with Gasteiger partial charge in [0.1, 0.15) is 11.3 Å². The summed E-state index contributed by atoms with van der Waals surface area (Å²) in [5.41, 5.74) is 7.93. The lowest BCUT2D eigenvalue weighted by molar-refractivity contribution is 0.474. The molecule has 8 aromatic carbocycles. The van der Waals surface area contributed by atoms with Crippen molar-refractivity contribution in [1.29, 1.82) is 0 Å². The molecular weight excluding hydrogens is 560 g/mol. The summed E-state index contributed by atoms with van der Waals surface area (Å²) >= 11 is 0. The predicted octanol–water partition coefficient (Wildman–Crippen LogP) is 11.6. The molecule has 0 radical (unpaired) electrons. The first-order valence-corrected chi connectivity index (χ1v) is 15.9. The maximum Gasteiger partial charge on any atom is 0.153 e. The molecule has 216 valence electrons. The Morgan fingerprint density at radius 2 is 1.11 bits per heavy atom. The molecule has 0 amide bonds. The lowest BCUT2D eigenvalue weighted by atomic mass is 9.85. The Labute approximate surface area is 265 Å². The summed E-state index contributed by atoms with van der Waals surface area (Å²) in [6.45, 7) is 2.17. The number of hydrogen-bond donors (Lipinski definition) is 0. The van der Waals surface area contributed by atoms with Crippen molar-refractivity contribution in [1.82, 2.24) is 9.55 Å². The van der Waals surface area contributed by atoms with E-state index < -0.39 is 0 Å². The summed E-state index contributed by atoms with van der Waals surface area (Å²) in [6.07, 6.45) is 0.833. The van der Waals surface area contributed by atoms with Crippen LogP contribution in [0.4, 0.5) is 0 Å². The van der Waals surface area contributed by atoms with E-state index in [0.29, 0.717) is 0 Å². The Balaban J connectivity index is 1.26. The van der Waals surface area contributed by atoms with E-state index in [2.05, 4.69) is 139 Å². The van der Waals surface area contributed by atoms with Gasteiger partial charge in [0.25, 0.3) is 0 Å². The Hall–Kier alpha value is -5.93. The smallest absolute Gasteiger partial charge is 0.153 e. The third-order valence-corrected chi connectivity index (χ3v) is 9.70. The maximum absolute atomic E-state index is 6.45. The zero-order valence-corrected chi connectivity index (χ0v) is 25.3. The Kier molecular flexibility index (Phi) is 5.26. The van der Waals surface area contributed by atoms with Crippen LogP contribution < -0.4 is 4.74 Å². The second-order valence-corrected chi connectivity index (χ2v) is 12.2. The van der Waals surface area contributed by atoms with Gasteiger partial charge >= 0.3 is 0 Å². The highest BCUT2D eigenvalue weighted by atomic mass is 16.5. The monoisotopic (exact) mass is 588 g/mol. The molecule has 0 spiro atoms. The average molecular weight is 589 g/mol. The molecule has 3 heteroatoms. The van der Waals surface area contributed by atoms with Crippen LogP contribution in [0.1, 0.15) is 12.7 Å². The Morgan fingerprint density at radius 3 is 1.80 bits per heavy atom. The number of rotatable bonds is 3. The summed E-state index contributed by atoms with van der Waals surface area (Å²) in [7, 11) is 0. The fraction of sp³-hybridized carbons (Fsp3) is 0.0465.